The van der Waals surface area contributed by atoms with Gasteiger partial charge in [-0.2, -0.15) is 0 Å². The number of benzene rings is 2. The van der Waals surface area contributed by atoms with Crippen LogP contribution in [0.2, 0.25) is 0 Å². The van der Waals surface area contributed by atoms with E-state index in [1.54, 1.807) is 12.1 Å². The van der Waals surface area contributed by atoms with E-state index in [1.807, 2.05) is 24.3 Å². The summed E-state index contributed by atoms with van der Waals surface area (Å²) < 4.78 is 0. The number of hydrogen-bond donors (Lipinski definition) is 2. The van der Waals surface area contributed by atoms with Gasteiger partial charge in [0.05, 0.1) is 0 Å². The molecule has 1 heterocycles. The van der Waals surface area contributed by atoms with E-state index in [1.165, 1.54) is 0 Å². The number of nitrogens with one attached hydrogen (secondary N) is 1. The van der Waals surface area contributed by atoms with Crippen molar-refractivity contribution in [2.75, 3.05) is 5.32 Å². The number of fused-ring (bicyclic) bond motifs is 1. The van der Waals surface area contributed by atoms with E-state index in [0.29, 0.717) is 0 Å². The maximum atomic E-state index is 9.73. The van der Waals surface area contributed by atoms with Crippen LogP contribution in [0.4, 0.5) is 5.69 Å². The predicted molar refractivity (Wildman–Crippen MR) is 79.0 cm³/mol. The molecule has 94 valence electrons. The molecule has 3 rings (SSSR count). The Bertz CT molecular complexity index is 656. The highest BCUT2D eigenvalue weighted by Gasteiger charge is 2.14. The second kappa shape index (κ2) is 4.65. The molecule has 0 saturated heterocycles. The number of rotatable bonds is 1. The molecule has 0 amide bonds. The molecule has 0 radical (unpaired) electrons. The standard InChI is InChI=1S/C17H15NO/c1-12-7-9-15(13-5-3-2-4-6-13)16-11-14(19)8-10-17(16)18-12/h2-6,8-11,18-19H,1,7H2. The van der Waals surface area contributed by atoms with Crippen molar-refractivity contribution in [2.24, 2.45) is 0 Å². The molecule has 0 aromatic heterocycles. The van der Waals surface area contributed by atoms with Crippen LogP contribution in [0.1, 0.15) is 17.5 Å². The zero-order valence-corrected chi connectivity index (χ0v) is 10.6. The Hall–Kier alpha value is -2.48. The Balaban J connectivity index is 2.20. The van der Waals surface area contributed by atoms with Gasteiger partial charge in [0.1, 0.15) is 5.75 Å². The van der Waals surface area contributed by atoms with Crippen molar-refractivity contribution in [3.63, 3.8) is 0 Å². The fraction of sp³-hybridized carbons (Fsp3) is 0.0588. The smallest absolute Gasteiger partial charge is 0.116 e. The van der Waals surface area contributed by atoms with Gasteiger partial charge in [-0.15, -0.1) is 0 Å². The van der Waals surface area contributed by atoms with E-state index in [-0.39, 0.29) is 5.75 Å². The summed E-state index contributed by atoms with van der Waals surface area (Å²) >= 11 is 0. The van der Waals surface area contributed by atoms with E-state index < -0.39 is 0 Å². The molecule has 2 N–H and O–H groups in total. The van der Waals surface area contributed by atoms with Crippen LogP contribution in [0, 0.1) is 0 Å². The van der Waals surface area contributed by atoms with Gasteiger partial charge in [-0.05, 0) is 29.3 Å². The Morgan fingerprint density at radius 3 is 2.63 bits per heavy atom. The van der Waals surface area contributed by atoms with Crippen LogP contribution in [0.5, 0.6) is 5.75 Å². The van der Waals surface area contributed by atoms with Crippen molar-refractivity contribution in [3.8, 4) is 5.75 Å². The minimum absolute atomic E-state index is 0.273. The largest absolute Gasteiger partial charge is 0.508 e. The molecule has 0 fully saturated rings. The molecule has 2 aromatic carbocycles. The molecule has 19 heavy (non-hydrogen) atoms. The Kier molecular flexibility index (Phi) is 2.84. The minimum Gasteiger partial charge on any atom is -0.508 e. The van der Waals surface area contributed by atoms with Gasteiger partial charge in [0, 0.05) is 23.4 Å². The average molecular weight is 249 g/mol. The Morgan fingerprint density at radius 2 is 1.84 bits per heavy atom. The molecule has 1 aliphatic heterocycles. The van der Waals surface area contributed by atoms with E-state index in [0.717, 1.165) is 34.5 Å². The van der Waals surface area contributed by atoms with Crippen LogP contribution in [-0.4, -0.2) is 5.11 Å². The number of phenolic OH excluding ortho intramolecular Hbond substituents is 1. The summed E-state index contributed by atoms with van der Waals surface area (Å²) in [6, 6.07) is 15.6. The van der Waals surface area contributed by atoms with Crippen molar-refractivity contribution in [2.45, 2.75) is 6.42 Å². The zero-order chi connectivity index (χ0) is 13.2. The molecule has 0 bridgehead atoms. The topological polar surface area (TPSA) is 32.3 Å². The van der Waals surface area contributed by atoms with E-state index in [9.17, 15) is 5.11 Å². The summed E-state index contributed by atoms with van der Waals surface area (Å²) in [5, 5.41) is 13.0. The fourth-order valence-corrected chi connectivity index (χ4v) is 2.33. The first-order valence-electron chi connectivity index (χ1n) is 6.28. The van der Waals surface area contributed by atoms with Gasteiger partial charge in [-0.1, -0.05) is 43.0 Å². The number of allylic oxidation sites excluding steroid dienone is 1. The lowest BCUT2D eigenvalue weighted by atomic mass is 9.96. The minimum atomic E-state index is 0.273. The van der Waals surface area contributed by atoms with Crippen molar-refractivity contribution >= 4 is 11.3 Å². The van der Waals surface area contributed by atoms with Gasteiger partial charge in [0.2, 0.25) is 0 Å². The lowest BCUT2D eigenvalue weighted by Crippen LogP contribution is -1.97. The van der Waals surface area contributed by atoms with Gasteiger partial charge in [-0.25, -0.2) is 0 Å². The number of aromatic hydroxyl groups is 1. The molecule has 0 saturated carbocycles. The lowest BCUT2D eigenvalue weighted by Gasteiger charge is -2.12. The first-order valence-corrected chi connectivity index (χ1v) is 6.28. The van der Waals surface area contributed by atoms with Crippen LogP contribution < -0.4 is 5.32 Å². The summed E-state index contributed by atoms with van der Waals surface area (Å²) in [6.45, 7) is 4.01. The first kappa shape index (κ1) is 11.6. The third kappa shape index (κ3) is 2.25. The molecule has 1 aliphatic rings. The molecular formula is C17H15NO. The van der Waals surface area contributed by atoms with E-state index in [4.69, 9.17) is 0 Å². The normalized spacial score (nSPS) is 14.1. The summed E-state index contributed by atoms with van der Waals surface area (Å²) in [5.74, 6) is 0.273. The van der Waals surface area contributed by atoms with Crippen LogP contribution in [-0.2, 0) is 0 Å². The second-order valence-corrected chi connectivity index (χ2v) is 4.65. The highest BCUT2D eigenvalue weighted by atomic mass is 16.3. The Labute approximate surface area is 112 Å². The molecule has 0 unspecified atom stereocenters. The number of anilines is 1. The lowest BCUT2D eigenvalue weighted by molar-refractivity contribution is 0.475. The predicted octanol–water partition coefficient (Wildman–Crippen LogP) is 4.15. The maximum absolute atomic E-state index is 9.73. The molecule has 2 aromatic rings. The first-order chi connectivity index (χ1) is 9.24. The van der Waals surface area contributed by atoms with Gasteiger partial charge >= 0.3 is 0 Å². The van der Waals surface area contributed by atoms with E-state index in [2.05, 4.69) is 30.1 Å². The SMILES string of the molecule is C=C1CC=C(c2ccccc2)c2cc(O)ccc2N1. The molecular weight excluding hydrogens is 234 g/mol. The monoisotopic (exact) mass is 249 g/mol. The summed E-state index contributed by atoms with van der Waals surface area (Å²) in [5.41, 5.74) is 5.21. The Morgan fingerprint density at radius 1 is 1.05 bits per heavy atom. The van der Waals surface area contributed by atoms with Gasteiger partial charge in [0.15, 0.2) is 0 Å². The molecule has 2 heteroatoms. The maximum Gasteiger partial charge on any atom is 0.116 e. The average Bonchev–Trinajstić information content (AvgIpc) is 2.58. The quantitative estimate of drug-likeness (QED) is 0.744. The third-order valence-corrected chi connectivity index (χ3v) is 3.24. The van der Waals surface area contributed by atoms with Gasteiger partial charge < -0.3 is 10.4 Å². The summed E-state index contributed by atoms with van der Waals surface area (Å²) in [6.07, 6.45) is 2.93. The van der Waals surface area contributed by atoms with Crippen molar-refractivity contribution in [3.05, 3.63) is 78.0 Å². The van der Waals surface area contributed by atoms with Crippen LogP contribution in [0.25, 0.3) is 5.57 Å². The van der Waals surface area contributed by atoms with E-state index >= 15 is 0 Å². The van der Waals surface area contributed by atoms with Crippen molar-refractivity contribution in [1.82, 2.24) is 0 Å². The van der Waals surface area contributed by atoms with Crippen molar-refractivity contribution in [1.29, 1.82) is 0 Å². The highest BCUT2D eigenvalue weighted by Crippen LogP contribution is 2.35. The number of hydrogen-bond acceptors (Lipinski definition) is 2. The van der Waals surface area contributed by atoms with Gasteiger partial charge in [0.25, 0.3) is 0 Å². The molecule has 0 aliphatic carbocycles. The van der Waals surface area contributed by atoms with Crippen LogP contribution in [0.15, 0.2) is 66.9 Å². The number of phenols is 1. The van der Waals surface area contributed by atoms with Gasteiger partial charge in [-0.3, -0.25) is 0 Å². The second-order valence-electron chi connectivity index (χ2n) is 4.65. The summed E-state index contributed by atoms with van der Waals surface area (Å²) in [7, 11) is 0. The van der Waals surface area contributed by atoms with Crippen LogP contribution in [0.3, 0.4) is 0 Å². The third-order valence-electron chi connectivity index (χ3n) is 3.24. The zero-order valence-electron chi connectivity index (χ0n) is 10.6. The molecule has 0 spiro atoms. The van der Waals surface area contributed by atoms with Crippen molar-refractivity contribution < 1.29 is 5.11 Å². The molecule has 0 atom stereocenters. The van der Waals surface area contributed by atoms with Crippen LogP contribution >= 0.6 is 0 Å². The molecule has 2 nitrogen and oxygen atoms in total. The fourth-order valence-electron chi connectivity index (χ4n) is 2.33. The summed E-state index contributed by atoms with van der Waals surface area (Å²) in [4.78, 5) is 0. The highest BCUT2D eigenvalue weighted by molar-refractivity contribution is 5.88.